The SMILES string of the molecule is CC(C)(C)c1cc(-c2nc3c(-c4cccc(-c5ccccn5)c4)cccc3n2-c2c(-c3ccccc3)ccc3ccccc23)c(O)c(C(C)(C)C)c1. The molecule has 1 N–H and O–H groups in total. The highest BCUT2D eigenvalue weighted by Crippen LogP contribution is 2.46. The summed E-state index contributed by atoms with van der Waals surface area (Å²) in [6, 6.07) is 48.8. The minimum Gasteiger partial charge on any atom is -0.507 e. The van der Waals surface area contributed by atoms with Gasteiger partial charge in [0.2, 0.25) is 0 Å². The number of rotatable bonds is 5. The molecule has 0 saturated carbocycles. The lowest BCUT2D eigenvalue weighted by molar-refractivity contribution is 0.446. The van der Waals surface area contributed by atoms with Crippen molar-refractivity contribution in [3.63, 3.8) is 0 Å². The van der Waals surface area contributed by atoms with Gasteiger partial charge in [-0.3, -0.25) is 9.55 Å². The Kier molecular flexibility index (Phi) is 8.06. The Balaban J connectivity index is 1.52. The Morgan fingerprint density at radius 3 is 2.02 bits per heavy atom. The number of benzene rings is 6. The molecule has 0 fully saturated rings. The molecule has 0 saturated heterocycles. The van der Waals surface area contributed by atoms with Crippen LogP contribution in [0.5, 0.6) is 5.75 Å². The minimum absolute atomic E-state index is 0.162. The molecule has 6 aromatic carbocycles. The zero-order valence-electron chi connectivity index (χ0n) is 30.6. The summed E-state index contributed by atoms with van der Waals surface area (Å²) >= 11 is 0. The molecule has 2 aromatic heterocycles. The van der Waals surface area contributed by atoms with E-state index in [9.17, 15) is 5.11 Å². The quantitative estimate of drug-likeness (QED) is 0.197. The summed E-state index contributed by atoms with van der Waals surface area (Å²) in [5.41, 5.74) is 11.4. The fraction of sp³-hybridized carbons (Fsp3) is 0.167. The monoisotopic (exact) mass is 677 g/mol. The predicted octanol–water partition coefficient (Wildman–Crippen LogP) is 12.5. The largest absolute Gasteiger partial charge is 0.507 e. The second-order valence-corrected chi connectivity index (χ2v) is 15.7. The van der Waals surface area contributed by atoms with Crippen molar-refractivity contribution in [1.82, 2.24) is 14.5 Å². The molecular formula is C48H43N3O. The van der Waals surface area contributed by atoms with E-state index in [1.54, 1.807) is 0 Å². The highest BCUT2D eigenvalue weighted by atomic mass is 16.3. The number of pyridine rings is 1. The number of hydrogen-bond donors (Lipinski definition) is 1. The van der Waals surface area contributed by atoms with Crippen LogP contribution < -0.4 is 0 Å². The van der Waals surface area contributed by atoms with Gasteiger partial charge in [-0.15, -0.1) is 0 Å². The molecule has 0 bridgehead atoms. The van der Waals surface area contributed by atoms with Crippen LogP contribution in [0, 0.1) is 0 Å². The van der Waals surface area contributed by atoms with Gasteiger partial charge in [-0.1, -0.05) is 151 Å². The van der Waals surface area contributed by atoms with Crippen LogP contribution in [0.3, 0.4) is 0 Å². The van der Waals surface area contributed by atoms with E-state index in [0.717, 1.165) is 72.1 Å². The average Bonchev–Trinajstić information content (AvgIpc) is 3.53. The van der Waals surface area contributed by atoms with Gasteiger partial charge < -0.3 is 5.11 Å². The maximum absolute atomic E-state index is 12.4. The van der Waals surface area contributed by atoms with Gasteiger partial charge >= 0.3 is 0 Å². The van der Waals surface area contributed by atoms with Crippen molar-refractivity contribution in [3.05, 3.63) is 157 Å². The molecule has 256 valence electrons. The van der Waals surface area contributed by atoms with Crippen molar-refractivity contribution in [2.24, 2.45) is 0 Å². The molecule has 0 spiro atoms. The second-order valence-electron chi connectivity index (χ2n) is 15.7. The molecule has 0 amide bonds. The van der Waals surface area contributed by atoms with Crippen LogP contribution in [-0.4, -0.2) is 19.6 Å². The zero-order chi connectivity index (χ0) is 36.2. The molecule has 0 unspecified atom stereocenters. The number of aromatic hydroxyl groups is 1. The van der Waals surface area contributed by atoms with E-state index >= 15 is 0 Å². The first-order valence-electron chi connectivity index (χ1n) is 18.0. The highest BCUT2D eigenvalue weighted by molar-refractivity contribution is 6.03. The highest BCUT2D eigenvalue weighted by Gasteiger charge is 2.29. The van der Waals surface area contributed by atoms with Gasteiger partial charge in [-0.05, 0) is 63.2 Å². The summed E-state index contributed by atoms with van der Waals surface area (Å²) in [6.07, 6.45) is 1.83. The summed E-state index contributed by atoms with van der Waals surface area (Å²) in [6.45, 7) is 13.2. The van der Waals surface area contributed by atoms with Crippen LogP contribution in [0.4, 0.5) is 0 Å². The normalized spacial score (nSPS) is 12.1. The Morgan fingerprint density at radius 2 is 1.27 bits per heavy atom. The third-order valence-electron chi connectivity index (χ3n) is 10.1. The van der Waals surface area contributed by atoms with Crippen LogP contribution in [0.1, 0.15) is 52.7 Å². The number of fused-ring (bicyclic) bond motifs is 2. The van der Waals surface area contributed by atoms with Crippen LogP contribution >= 0.6 is 0 Å². The lowest BCUT2D eigenvalue weighted by atomic mass is 9.79. The van der Waals surface area contributed by atoms with Crippen LogP contribution in [0.15, 0.2) is 146 Å². The predicted molar refractivity (Wildman–Crippen MR) is 217 cm³/mol. The van der Waals surface area contributed by atoms with Gasteiger partial charge in [0.15, 0.2) is 0 Å². The third kappa shape index (κ3) is 5.84. The van der Waals surface area contributed by atoms with Crippen LogP contribution in [0.2, 0.25) is 0 Å². The van der Waals surface area contributed by atoms with E-state index in [1.807, 2.05) is 24.4 Å². The number of phenolic OH excluding ortho intramolecular Hbond substituents is 1. The summed E-state index contributed by atoms with van der Waals surface area (Å²) in [5.74, 6) is 0.961. The van der Waals surface area contributed by atoms with E-state index in [4.69, 9.17) is 4.98 Å². The molecule has 4 heteroatoms. The van der Waals surface area contributed by atoms with Gasteiger partial charge in [0.25, 0.3) is 0 Å². The molecule has 8 aromatic rings. The number of para-hydroxylation sites is 1. The van der Waals surface area contributed by atoms with Crippen molar-refractivity contribution in [3.8, 4) is 56.3 Å². The zero-order valence-corrected chi connectivity index (χ0v) is 30.6. The molecule has 0 radical (unpaired) electrons. The molecule has 0 aliphatic carbocycles. The molecule has 0 aliphatic rings. The average molecular weight is 678 g/mol. The van der Waals surface area contributed by atoms with E-state index in [0.29, 0.717) is 11.4 Å². The van der Waals surface area contributed by atoms with Crippen molar-refractivity contribution in [2.75, 3.05) is 0 Å². The molecule has 4 nitrogen and oxygen atoms in total. The lowest BCUT2D eigenvalue weighted by Gasteiger charge is -2.28. The summed E-state index contributed by atoms with van der Waals surface area (Å²) < 4.78 is 2.29. The first kappa shape index (κ1) is 33.2. The van der Waals surface area contributed by atoms with E-state index in [-0.39, 0.29) is 16.6 Å². The van der Waals surface area contributed by atoms with Gasteiger partial charge in [0.05, 0.1) is 28.0 Å². The van der Waals surface area contributed by atoms with E-state index in [1.165, 1.54) is 0 Å². The lowest BCUT2D eigenvalue weighted by Crippen LogP contribution is -2.17. The van der Waals surface area contributed by atoms with Crippen LogP contribution in [-0.2, 0) is 10.8 Å². The summed E-state index contributed by atoms with van der Waals surface area (Å²) in [4.78, 5) is 10.2. The van der Waals surface area contributed by atoms with E-state index < -0.39 is 0 Å². The number of nitrogens with zero attached hydrogens (tertiary/aromatic N) is 3. The topological polar surface area (TPSA) is 50.9 Å². The van der Waals surface area contributed by atoms with E-state index in [2.05, 4.69) is 172 Å². The molecular weight excluding hydrogens is 635 g/mol. The van der Waals surface area contributed by atoms with Gasteiger partial charge in [0.1, 0.15) is 11.6 Å². The van der Waals surface area contributed by atoms with Gasteiger partial charge in [0, 0.05) is 33.8 Å². The Labute approximate surface area is 306 Å². The second kappa shape index (κ2) is 12.6. The number of imidazole rings is 1. The Hall–Kier alpha value is -6.00. The number of hydrogen-bond acceptors (Lipinski definition) is 3. The maximum Gasteiger partial charge on any atom is 0.149 e. The molecule has 2 heterocycles. The molecule has 52 heavy (non-hydrogen) atoms. The van der Waals surface area contributed by atoms with Crippen LogP contribution in [0.25, 0.3) is 72.4 Å². The summed E-state index contributed by atoms with van der Waals surface area (Å²) in [7, 11) is 0. The first-order chi connectivity index (χ1) is 25.0. The fourth-order valence-corrected chi connectivity index (χ4v) is 7.28. The Morgan fingerprint density at radius 1 is 0.558 bits per heavy atom. The maximum atomic E-state index is 12.4. The van der Waals surface area contributed by atoms with Crippen molar-refractivity contribution in [1.29, 1.82) is 0 Å². The first-order valence-corrected chi connectivity index (χ1v) is 18.0. The Bertz CT molecular complexity index is 2590. The molecule has 0 aliphatic heterocycles. The number of aromatic nitrogens is 3. The minimum atomic E-state index is -0.303. The summed E-state index contributed by atoms with van der Waals surface area (Å²) in [5, 5.41) is 14.6. The van der Waals surface area contributed by atoms with Gasteiger partial charge in [-0.2, -0.15) is 0 Å². The molecule has 0 atom stereocenters. The van der Waals surface area contributed by atoms with Gasteiger partial charge in [-0.25, -0.2) is 4.98 Å². The van der Waals surface area contributed by atoms with Crippen molar-refractivity contribution < 1.29 is 5.11 Å². The standard InChI is InChI=1S/C48H43N3O/c1-47(2,3)35-29-39(45(52)40(30-35)48(4,5)6)46-50-43-36(33-19-14-20-34(28-33)41-23-12-13-27-49-41)22-15-24-42(43)51(46)44-37-21-11-10-18-32(37)25-26-38(44)31-16-8-7-9-17-31/h7-30,52H,1-6H3. The molecule has 8 rings (SSSR count). The van der Waals surface area contributed by atoms with Crippen molar-refractivity contribution >= 4 is 21.8 Å². The number of phenols is 1. The third-order valence-corrected chi connectivity index (χ3v) is 10.1. The van der Waals surface area contributed by atoms with Crippen molar-refractivity contribution in [2.45, 2.75) is 52.4 Å². The smallest absolute Gasteiger partial charge is 0.149 e. The fourth-order valence-electron chi connectivity index (χ4n) is 7.28.